The number of halogens is 1. The van der Waals surface area contributed by atoms with Crippen molar-refractivity contribution < 1.29 is 27.6 Å². The van der Waals surface area contributed by atoms with Gasteiger partial charge >= 0.3 is 0 Å². The number of nitrogens with zero attached hydrogens (tertiary/aromatic N) is 2. The fraction of sp³-hybridized carbons (Fsp3) is 0.148. The van der Waals surface area contributed by atoms with Crippen LogP contribution in [0.15, 0.2) is 81.9 Å². The largest absolute Gasteiger partial charge is 0.505 e. The molecule has 4 aromatic carbocycles. The van der Waals surface area contributed by atoms with E-state index >= 15 is 0 Å². The number of para-hydroxylation sites is 2. The first-order valence-corrected chi connectivity index (χ1v) is 13.4. The summed E-state index contributed by atoms with van der Waals surface area (Å²) in [6.07, 6.45) is 0.424. The molecule has 0 fully saturated rings. The van der Waals surface area contributed by atoms with E-state index in [9.17, 15) is 22.9 Å². The van der Waals surface area contributed by atoms with E-state index in [0.717, 1.165) is 0 Å². The summed E-state index contributed by atoms with van der Waals surface area (Å²) in [5.41, 5.74) is 0.538. The lowest BCUT2D eigenvalue weighted by atomic mass is 10.0. The van der Waals surface area contributed by atoms with Crippen LogP contribution in [0.3, 0.4) is 0 Å². The number of benzene rings is 4. The number of carbonyl (C=O) groups is 1. The number of anilines is 1. The molecule has 196 valence electrons. The molecule has 0 unspecified atom stereocenters. The zero-order chi connectivity index (χ0) is 27.4. The van der Waals surface area contributed by atoms with Gasteiger partial charge in [-0.05, 0) is 54.6 Å². The Balaban J connectivity index is 1.83. The topological polar surface area (TPSA) is 138 Å². The molecule has 0 saturated carbocycles. The van der Waals surface area contributed by atoms with Crippen LogP contribution in [-0.2, 0) is 16.5 Å². The number of hydrogen-bond acceptors (Lipinski definition) is 7. The molecule has 3 N–H and O–H groups in total. The van der Waals surface area contributed by atoms with Crippen molar-refractivity contribution in [3.63, 3.8) is 0 Å². The predicted octanol–water partition coefficient (Wildman–Crippen LogP) is 7.07. The Labute approximate surface area is 224 Å². The maximum Gasteiger partial charge on any atom is 0.296 e. The first-order valence-electron chi connectivity index (χ1n) is 11.6. The molecule has 0 bridgehead atoms. The summed E-state index contributed by atoms with van der Waals surface area (Å²) >= 11 is 6.25. The van der Waals surface area contributed by atoms with Crippen LogP contribution in [-0.4, -0.2) is 30.6 Å². The number of fused-ring (bicyclic) bond motifs is 1. The molecule has 0 aliphatic heterocycles. The summed E-state index contributed by atoms with van der Waals surface area (Å²) in [4.78, 5) is 12.8. The third-order valence-corrected chi connectivity index (χ3v) is 6.95. The number of ether oxygens (including phenoxy) is 1. The van der Waals surface area contributed by atoms with E-state index in [1.807, 2.05) is 6.92 Å². The van der Waals surface area contributed by atoms with Crippen molar-refractivity contribution in [1.29, 1.82) is 0 Å². The summed E-state index contributed by atoms with van der Waals surface area (Å²) in [5.74, 6) is -0.622. The maximum absolute atomic E-state index is 13.2. The summed E-state index contributed by atoms with van der Waals surface area (Å²) in [7, 11) is -4.66. The Morgan fingerprint density at radius 1 is 1.03 bits per heavy atom. The van der Waals surface area contributed by atoms with E-state index in [-0.39, 0.29) is 22.0 Å². The second-order valence-corrected chi connectivity index (χ2v) is 9.96. The van der Waals surface area contributed by atoms with Crippen LogP contribution in [0.5, 0.6) is 11.5 Å². The molecule has 0 spiro atoms. The number of phenolic OH excluding ortho intramolecular Hbond substituents is 1. The van der Waals surface area contributed by atoms with Crippen molar-refractivity contribution in [3.05, 3.63) is 82.9 Å². The average molecular weight is 554 g/mol. The van der Waals surface area contributed by atoms with Gasteiger partial charge in [0.15, 0.2) is 5.75 Å². The van der Waals surface area contributed by atoms with E-state index in [2.05, 4.69) is 15.5 Å². The van der Waals surface area contributed by atoms with Crippen molar-refractivity contribution in [3.8, 4) is 11.5 Å². The highest BCUT2D eigenvalue weighted by atomic mass is 35.5. The number of aromatic hydroxyl groups is 1. The van der Waals surface area contributed by atoms with Gasteiger partial charge in [-0.15, -0.1) is 10.2 Å². The number of hydrogen-bond donors (Lipinski definition) is 3. The van der Waals surface area contributed by atoms with Gasteiger partial charge in [0, 0.05) is 10.4 Å². The third-order valence-electron chi connectivity index (χ3n) is 5.72. The molecular weight excluding hydrogens is 530 g/mol. The van der Waals surface area contributed by atoms with Crippen LogP contribution in [0, 0.1) is 0 Å². The molecule has 0 aromatic heterocycles. The second-order valence-electron chi connectivity index (χ2n) is 8.17. The first kappa shape index (κ1) is 27.1. The normalized spacial score (nSPS) is 11.7. The van der Waals surface area contributed by atoms with Crippen molar-refractivity contribution in [2.45, 2.75) is 25.2 Å². The van der Waals surface area contributed by atoms with E-state index in [1.54, 1.807) is 55.5 Å². The highest BCUT2D eigenvalue weighted by Gasteiger charge is 2.21. The quantitative estimate of drug-likeness (QED) is 0.157. The molecule has 11 heteroatoms. The van der Waals surface area contributed by atoms with Gasteiger partial charge in [-0.3, -0.25) is 9.35 Å². The van der Waals surface area contributed by atoms with E-state index < -0.39 is 26.7 Å². The van der Waals surface area contributed by atoms with Gasteiger partial charge in [0.1, 0.15) is 22.0 Å². The van der Waals surface area contributed by atoms with Gasteiger partial charge in [0.25, 0.3) is 16.0 Å². The van der Waals surface area contributed by atoms with E-state index in [0.29, 0.717) is 40.8 Å². The van der Waals surface area contributed by atoms with Crippen LogP contribution in [0.4, 0.5) is 17.1 Å². The molecule has 0 radical (unpaired) electrons. The Kier molecular flexibility index (Phi) is 7.96. The molecule has 0 aliphatic rings. The van der Waals surface area contributed by atoms with Crippen LogP contribution in [0.1, 0.15) is 29.8 Å². The molecule has 0 atom stereocenters. The number of aryl methyl sites for hydroxylation is 1. The Morgan fingerprint density at radius 2 is 1.74 bits per heavy atom. The molecule has 4 aromatic rings. The number of rotatable bonds is 8. The molecular formula is C27H24ClN3O6S. The predicted molar refractivity (Wildman–Crippen MR) is 146 cm³/mol. The summed E-state index contributed by atoms with van der Waals surface area (Å²) in [6, 6.07) is 17.8. The summed E-state index contributed by atoms with van der Waals surface area (Å²) < 4.78 is 39.3. The number of nitrogens with one attached hydrogen (secondary N) is 1. The van der Waals surface area contributed by atoms with Crippen LogP contribution < -0.4 is 10.1 Å². The minimum atomic E-state index is -4.66. The Hall–Kier alpha value is -3.99. The summed E-state index contributed by atoms with van der Waals surface area (Å²) in [5, 5.41) is 23.2. The molecule has 0 aliphatic carbocycles. The number of azo groups is 1. The zero-order valence-corrected chi connectivity index (χ0v) is 22.0. The van der Waals surface area contributed by atoms with Gasteiger partial charge in [-0.2, -0.15) is 8.42 Å². The fourth-order valence-electron chi connectivity index (χ4n) is 3.88. The lowest BCUT2D eigenvalue weighted by molar-refractivity contribution is 0.102. The lowest BCUT2D eigenvalue weighted by Gasteiger charge is -2.13. The Bertz CT molecular complexity index is 1670. The number of phenols is 1. The number of amides is 1. The van der Waals surface area contributed by atoms with Crippen LogP contribution >= 0.6 is 11.6 Å². The highest BCUT2D eigenvalue weighted by molar-refractivity contribution is 7.86. The van der Waals surface area contributed by atoms with E-state index in [1.165, 1.54) is 18.2 Å². The van der Waals surface area contributed by atoms with Gasteiger partial charge in [0.2, 0.25) is 0 Å². The molecule has 0 heterocycles. The molecule has 4 rings (SSSR count). The molecule has 1 amide bonds. The van der Waals surface area contributed by atoms with Gasteiger partial charge < -0.3 is 15.2 Å². The highest BCUT2D eigenvalue weighted by Crippen LogP contribution is 2.41. The minimum Gasteiger partial charge on any atom is -0.505 e. The third kappa shape index (κ3) is 5.62. The fourth-order valence-corrected chi connectivity index (χ4v) is 4.82. The Morgan fingerprint density at radius 3 is 2.45 bits per heavy atom. The lowest BCUT2D eigenvalue weighted by Crippen LogP contribution is -2.13. The number of carbonyl (C=O) groups excluding carboxylic acids is 1. The summed E-state index contributed by atoms with van der Waals surface area (Å²) in [6.45, 7) is 4.00. The second kappa shape index (κ2) is 11.2. The van der Waals surface area contributed by atoms with Gasteiger partial charge in [-0.1, -0.05) is 54.9 Å². The first-order chi connectivity index (χ1) is 18.1. The smallest absolute Gasteiger partial charge is 0.296 e. The average Bonchev–Trinajstić information content (AvgIpc) is 2.88. The van der Waals surface area contributed by atoms with Gasteiger partial charge in [0.05, 0.1) is 17.9 Å². The minimum absolute atomic E-state index is 0.0664. The SMILES string of the molecule is CCOc1ccccc1NC(=O)c1cc2ccccc2c(N=Nc2cc(Cl)c(CC)cc2S(=O)(=O)O)c1O. The van der Waals surface area contributed by atoms with Gasteiger partial charge in [-0.25, -0.2) is 0 Å². The molecule has 0 saturated heterocycles. The monoisotopic (exact) mass is 553 g/mol. The van der Waals surface area contributed by atoms with Crippen molar-refractivity contribution in [2.75, 3.05) is 11.9 Å². The van der Waals surface area contributed by atoms with Crippen LogP contribution in [0.25, 0.3) is 10.8 Å². The van der Waals surface area contributed by atoms with Crippen LogP contribution in [0.2, 0.25) is 5.02 Å². The maximum atomic E-state index is 13.2. The van der Waals surface area contributed by atoms with Crippen molar-refractivity contribution in [1.82, 2.24) is 0 Å². The molecule has 9 nitrogen and oxygen atoms in total. The molecule has 38 heavy (non-hydrogen) atoms. The standard InChI is InChI=1S/C27H24ClN3O6S/c1-3-16-14-24(38(34,35)36)22(15-20(16)28)30-31-25-18-10-6-5-9-17(18)13-19(26(25)32)27(33)29-21-11-7-8-12-23(21)37-4-2/h5-15,32H,3-4H2,1-2H3,(H,29,33)(H,34,35,36). The van der Waals surface area contributed by atoms with E-state index in [4.69, 9.17) is 16.3 Å². The zero-order valence-electron chi connectivity index (χ0n) is 20.5. The van der Waals surface area contributed by atoms with Crippen molar-refractivity contribution >= 4 is 55.5 Å². The van der Waals surface area contributed by atoms with Crippen molar-refractivity contribution in [2.24, 2.45) is 10.2 Å².